The standard InChI is InChI=1S/C16H30O6/c1-3-8-22-16(17)15-21-14-13-20-12-11-19-10-7-5-4-6-9-18-2/h6,9H,3-5,7-8,10-15H2,1-2H3/b9-6+. The van der Waals surface area contributed by atoms with Gasteiger partial charge in [-0.15, -0.1) is 0 Å². The van der Waals surface area contributed by atoms with Crippen molar-refractivity contribution in [2.24, 2.45) is 0 Å². The highest BCUT2D eigenvalue weighted by atomic mass is 16.6. The maximum absolute atomic E-state index is 11.1. The highest BCUT2D eigenvalue weighted by Crippen LogP contribution is 1.97. The van der Waals surface area contributed by atoms with E-state index in [1.165, 1.54) is 0 Å². The summed E-state index contributed by atoms with van der Waals surface area (Å²) < 4.78 is 25.6. The van der Waals surface area contributed by atoms with Crippen molar-refractivity contribution < 1.29 is 28.5 Å². The van der Waals surface area contributed by atoms with E-state index in [-0.39, 0.29) is 12.6 Å². The van der Waals surface area contributed by atoms with E-state index in [0.717, 1.165) is 32.3 Å². The number of ether oxygens (including phenoxy) is 5. The molecule has 0 aliphatic heterocycles. The minimum absolute atomic E-state index is 0.0165. The SMILES string of the molecule is CCCOC(=O)COCCOCCOCCCC/C=C/OC. The van der Waals surface area contributed by atoms with Crippen molar-refractivity contribution >= 4 is 5.97 Å². The predicted octanol–water partition coefficient (Wildman–Crippen LogP) is 2.32. The zero-order valence-corrected chi connectivity index (χ0v) is 13.9. The van der Waals surface area contributed by atoms with Crippen LogP contribution in [0.15, 0.2) is 12.3 Å². The van der Waals surface area contributed by atoms with Crippen LogP contribution in [0.1, 0.15) is 32.6 Å². The summed E-state index contributed by atoms with van der Waals surface area (Å²) >= 11 is 0. The van der Waals surface area contributed by atoms with Crippen molar-refractivity contribution in [2.75, 3.05) is 53.4 Å². The minimum Gasteiger partial charge on any atom is -0.505 e. The molecule has 0 bridgehead atoms. The molecule has 0 saturated heterocycles. The molecule has 0 saturated carbocycles. The fourth-order valence-corrected chi connectivity index (χ4v) is 1.48. The smallest absolute Gasteiger partial charge is 0.332 e. The fourth-order valence-electron chi connectivity index (χ4n) is 1.48. The van der Waals surface area contributed by atoms with E-state index >= 15 is 0 Å². The second-order valence-corrected chi connectivity index (χ2v) is 4.60. The lowest BCUT2D eigenvalue weighted by molar-refractivity contribution is -0.149. The molecule has 22 heavy (non-hydrogen) atoms. The number of unbranched alkanes of at least 4 members (excludes halogenated alkanes) is 2. The number of hydrogen-bond donors (Lipinski definition) is 0. The lowest BCUT2D eigenvalue weighted by Crippen LogP contribution is -2.16. The van der Waals surface area contributed by atoms with Crippen molar-refractivity contribution in [3.8, 4) is 0 Å². The second-order valence-electron chi connectivity index (χ2n) is 4.60. The molecule has 0 aliphatic rings. The first kappa shape index (κ1) is 20.9. The first-order chi connectivity index (χ1) is 10.8. The van der Waals surface area contributed by atoms with E-state index in [1.54, 1.807) is 13.4 Å². The number of methoxy groups -OCH3 is 1. The Morgan fingerprint density at radius 2 is 1.59 bits per heavy atom. The third-order valence-electron chi connectivity index (χ3n) is 2.57. The molecule has 0 radical (unpaired) electrons. The Bertz CT molecular complexity index is 267. The highest BCUT2D eigenvalue weighted by Gasteiger charge is 2.01. The van der Waals surface area contributed by atoms with Crippen LogP contribution < -0.4 is 0 Å². The van der Waals surface area contributed by atoms with Crippen molar-refractivity contribution in [2.45, 2.75) is 32.6 Å². The van der Waals surface area contributed by atoms with Crippen molar-refractivity contribution in [1.29, 1.82) is 0 Å². The van der Waals surface area contributed by atoms with Gasteiger partial charge in [0.2, 0.25) is 0 Å². The van der Waals surface area contributed by atoms with E-state index < -0.39 is 0 Å². The molecule has 0 N–H and O–H groups in total. The molecule has 130 valence electrons. The summed E-state index contributed by atoms with van der Waals surface area (Å²) in [6.07, 6.45) is 7.63. The highest BCUT2D eigenvalue weighted by molar-refractivity contribution is 5.70. The van der Waals surface area contributed by atoms with E-state index in [2.05, 4.69) is 0 Å². The van der Waals surface area contributed by atoms with Gasteiger partial charge in [0.25, 0.3) is 0 Å². The van der Waals surface area contributed by atoms with Gasteiger partial charge in [-0.25, -0.2) is 4.79 Å². The fraction of sp³-hybridized carbons (Fsp3) is 0.812. The molecule has 0 aromatic rings. The normalized spacial score (nSPS) is 11.0. The van der Waals surface area contributed by atoms with Crippen molar-refractivity contribution in [3.05, 3.63) is 12.3 Å². The largest absolute Gasteiger partial charge is 0.505 e. The second kappa shape index (κ2) is 17.9. The number of allylic oxidation sites excluding steroid dienone is 1. The third kappa shape index (κ3) is 16.9. The Morgan fingerprint density at radius 1 is 0.909 bits per heavy atom. The lowest BCUT2D eigenvalue weighted by atomic mass is 10.2. The van der Waals surface area contributed by atoms with E-state index in [1.807, 2.05) is 13.0 Å². The Balaban J connectivity index is 3.08. The van der Waals surface area contributed by atoms with Crippen LogP contribution in [0.5, 0.6) is 0 Å². The molecule has 0 fully saturated rings. The van der Waals surface area contributed by atoms with Crippen LogP contribution in [-0.4, -0.2) is 59.3 Å². The average molecular weight is 318 g/mol. The zero-order valence-electron chi connectivity index (χ0n) is 13.9. The number of carbonyl (C=O) groups excluding carboxylic acids is 1. The topological polar surface area (TPSA) is 63.2 Å². The summed E-state index contributed by atoms with van der Waals surface area (Å²) in [6.45, 7) is 5.06. The first-order valence-electron chi connectivity index (χ1n) is 7.88. The summed E-state index contributed by atoms with van der Waals surface area (Å²) in [5, 5.41) is 0. The molecule has 0 rings (SSSR count). The Hall–Kier alpha value is -1.11. The molecule has 6 nitrogen and oxygen atoms in total. The van der Waals surface area contributed by atoms with Gasteiger partial charge in [-0.3, -0.25) is 0 Å². The summed E-state index contributed by atoms with van der Waals surface area (Å²) in [7, 11) is 1.64. The van der Waals surface area contributed by atoms with Crippen LogP contribution in [0, 0.1) is 0 Å². The minimum atomic E-state index is -0.328. The Labute approximate surface area is 133 Å². The summed E-state index contributed by atoms with van der Waals surface area (Å²) in [4.78, 5) is 11.1. The zero-order chi connectivity index (χ0) is 16.3. The number of carbonyl (C=O) groups is 1. The molecular formula is C16H30O6. The molecule has 0 amide bonds. The van der Waals surface area contributed by atoms with Gasteiger partial charge in [0.1, 0.15) is 6.61 Å². The van der Waals surface area contributed by atoms with Crippen molar-refractivity contribution in [1.82, 2.24) is 0 Å². The molecule has 0 unspecified atom stereocenters. The summed E-state index contributed by atoms with van der Waals surface area (Å²) in [5.41, 5.74) is 0. The van der Waals surface area contributed by atoms with Gasteiger partial charge in [-0.05, 0) is 31.8 Å². The number of esters is 1. The molecule has 0 heterocycles. The van der Waals surface area contributed by atoms with Crippen LogP contribution in [0.4, 0.5) is 0 Å². The van der Waals surface area contributed by atoms with Gasteiger partial charge in [-0.1, -0.05) is 6.92 Å². The number of hydrogen-bond acceptors (Lipinski definition) is 6. The molecule has 0 aromatic carbocycles. The van der Waals surface area contributed by atoms with Crippen LogP contribution >= 0.6 is 0 Å². The van der Waals surface area contributed by atoms with Gasteiger partial charge in [0, 0.05) is 6.61 Å². The van der Waals surface area contributed by atoms with Gasteiger partial charge in [0.15, 0.2) is 0 Å². The van der Waals surface area contributed by atoms with E-state index in [0.29, 0.717) is 33.0 Å². The summed E-state index contributed by atoms with van der Waals surface area (Å²) in [5.74, 6) is -0.328. The number of rotatable bonds is 16. The molecule has 0 aliphatic carbocycles. The van der Waals surface area contributed by atoms with Gasteiger partial charge in [0.05, 0.1) is 46.4 Å². The quantitative estimate of drug-likeness (QED) is 0.247. The first-order valence-corrected chi connectivity index (χ1v) is 7.88. The molecular weight excluding hydrogens is 288 g/mol. The van der Waals surface area contributed by atoms with Crippen LogP contribution in [0.25, 0.3) is 0 Å². The predicted molar refractivity (Wildman–Crippen MR) is 83.7 cm³/mol. The average Bonchev–Trinajstić information content (AvgIpc) is 2.53. The van der Waals surface area contributed by atoms with Gasteiger partial charge < -0.3 is 23.7 Å². The van der Waals surface area contributed by atoms with Crippen LogP contribution in [0.2, 0.25) is 0 Å². The van der Waals surface area contributed by atoms with Gasteiger partial charge in [-0.2, -0.15) is 0 Å². The van der Waals surface area contributed by atoms with Gasteiger partial charge >= 0.3 is 5.97 Å². The Morgan fingerprint density at radius 3 is 2.27 bits per heavy atom. The molecule has 0 spiro atoms. The van der Waals surface area contributed by atoms with Crippen molar-refractivity contribution in [3.63, 3.8) is 0 Å². The molecule has 0 atom stereocenters. The third-order valence-corrected chi connectivity index (χ3v) is 2.57. The lowest BCUT2D eigenvalue weighted by Gasteiger charge is -2.07. The maximum atomic E-state index is 11.1. The Kier molecular flexibility index (Phi) is 17.0. The van der Waals surface area contributed by atoms with E-state index in [9.17, 15) is 4.79 Å². The molecule has 0 aromatic heterocycles. The van der Waals surface area contributed by atoms with Crippen LogP contribution in [-0.2, 0) is 28.5 Å². The molecule has 6 heteroatoms. The maximum Gasteiger partial charge on any atom is 0.332 e. The van der Waals surface area contributed by atoms with Crippen LogP contribution in [0.3, 0.4) is 0 Å². The summed E-state index contributed by atoms with van der Waals surface area (Å²) in [6, 6.07) is 0. The monoisotopic (exact) mass is 318 g/mol. The van der Waals surface area contributed by atoms with E-state index in [4.69, 9.17) is 23.7 Å².